The molecule has 0 saturated heterocycles. The number of aliphatic hydroxyl groups is 1. The number of hydrogen-bond acceptors (Lipinski definition) is 8. The summed E-state index contributed by atoms with van der Waals surface area (Å²) < 4.78 is 11.0. The average Bonchev–Trinajstić information content (AvgIpc) is 3.05. The van der Waals surface area contributed by atoms with Gasteiger partial charge in [0.25, 0.3) is 11.8 Å². The van der Waals surface area contributed by atoms with E-state index in [-0.39, 0.29) is 35.9 Å². The maximum Gasteiger partial charge on any atom is 0.339 e. The lowest BCUT2D eigenvalue weighted by Gasteiger charge is -2.29. The van der Waals surface area contributed by atoms with Crippen LogP contribution in [-0.2, 0) is 17.9 Å². The molecule has 0 bridgehead atoms. The number of nitrogens with one attached hydrogen (secondary N) is 2. The molecule has 0 fully saturated rings. The molecular weight excluding hydrogens is 572 g/mol. The lowest BCUT2D eigenvalue weighted by molar-refractivity contribution is 0.0473. The quantitative estimate of drug-likeness (QED) is 0.174. The predicted molar refractivity (Wildman–Crippen MR) is 172 cm³/mol. The second kappa shape index (κ2) is 14.6. The van der Waals surface area contributed by atoms with E-state index in [0.717, 1.165) is 11.1 Å². The minimum atomic E-state index is -0.698. The van der Waals surface area contributed by atoms with Gasteiger partial charge in [-0.05, 0) is 52.4 Å². The van der Waals surface area contributed by atoms with E-state index in [1.807, 2.05) is 57.2 Å². The molecule has 0 radical (unpaired) electrons. The maximum atomic E-state index is 13.6. The van der Waals surface area contributed by atoms with Crippen molar-refractivity contribution in [2.75, 3.05) is 19.0 Å². The van der Waals surface area contributed by atoms with Gasteiger partial charge in [-0.25, -0.2) is 9.78 Å². The number of nitrogens with two attached hydrogens (primary N) is 1. The molecule has 1 atom stereocenters. The van der Waals surface area contributed by atoms with Crippen LogP contribution in [-0.4, -0.2) is 47.6 Å². The number of pyridine rings is 1. The first-order valence-electron chi connectivity index (χ1n) is 14.5. The van der Waals surface area contributed by atoms with Gasteiger partial charge in [-0.1, -0.05) is 69.3 Å². The number of ether oxygens (including phenoxy) is 2. The van der Waals surface area contributed by atoms with Gasteiger partial charge in [-0.3, -0.25) is 9.59 Å². The molecule has 0 aliphatic carbocycles. The van der Waals surface area contributed by atoms with Gasteiger partial charge >= 0.3 is 5.97 Å². The van der Waals surface area contributed by atoms with Crippen molar-refractivity contribution in [2.45, 2.75) is 40.0 Å². The highest BCUT2D eigenvalue weighted by molar-refractivity contribution is 6.10. The molecule has 10 heteroatoms. The van der Waals surface area contributed by atoms with Crippen LogP contribution < -0.4 is 21.1 Å². The zero-order valence-corrected chi connectivity index (χ0v) is 25.8. The number of benzene rings is 3. The van der Waals surface area contributed by atoms with Crippen LogP contribution in [0.5, 0.6) is 5.88 Å². The summed E-state index contributed by atoms with van der Waals surface area (Å²) in [6.45, 7) is 5.74. The van der Waals surface area contributed by atoms with Crippen molar-refractivity contribution in [1.82, 2.24) is 10.3 Å². The summed E-state index contributed by atoms with van der Waals surface area (Å²) in [5, 5.41) is 15.6. The zero-order valence-electron chi connectivity index (χ0n) is 25.8. The summed E-state index contributed by atoms with van der Waals surface area (Å²) in [5.74, 6) is -1.52. The fourth-order valence-corrected chi connectivity index (χ4v) is 4.58. The molecule has 0 aliphatic rings. The molecule has 5 N–H and O–H groups in total. The number of hydrogen-bond donors (Lipinski definition) is 4. The lowest BCUT2D eigenvalue weighted by Crippen LogP contribution is -2.46. The largest absolute Gasteiger partial charge is 0.481 e. The van der Waals surface area contributed by atoms with E-state index in [4.69, 9.17) is 15.2 Å². The van der Waals surface area contributed by atoms with E-state index in [2.05, 4.69) is 15.6 Å². The van der Waals surface area contributed by atoms with Crippen LogP contribution in [0.1, 0.15) is 63.1 Å². The highest BCUT2D eigenvalue weighted by Gasteiger charge is 2.28. The minimum Gasteiger partial charge on any atom is -0.481 e. The van der Waals surface area contributed by atoms with E-state index in [9.17, 15) is 19.5 Å². The van der Waals surface area contributed by atoms with Gasteiger partial charge in [0.2, 0.25) is 5.88 Å². The van der Waals surface area contributed by atoms with Gasteiger partial charge in [0, 0.05) is 29.4 Å². The number of amides is 2. The Balaban J connectivity index is 1.77. The number of aliphatic hydroxyl groups excluding tert-OH is 1. The number of nitrogens with zero attached hydrogens (tertiary/aromatic N) is 1. The topological polar surface area (TPSA) is 153 Å². The average molecular weight is 611 g/mol. The number of esters is 1. The van der Waals surface area contributed by atoms with Gasteiger partial charge in [0.1, 0.15) is 12.3 Å². The minimum absolute atomic E-state index is 0.00215. The SMILES string of the molecule is COc1ccc(-c2ccc(C(=O)N[C@H](CO)C(C)(C)C)cc2C(=O)OCc2ccccc2)c(C(=O)Nc2cccc(CN)c2)n1. The number of rotatable bonds is 11. The molecule has 0 saturated carbocycles. The van der Waals surface area contributed by atoms with Gasteiger partial charge in [-0.15, -0.1) is 0 Å². The van der Waals surface area contributed by atoms with E-state index < -0.39 is 29.2 Å². The third-order valence-corrected chi connectivity index (χ3v) is 7.25. The van der Waals surface area contributed by atoms with Crippen molar-refractivity contribution >= 4 is 23.5 Å². The molecule has 0 unspecified atom stereocenters. The standard InChI is InChI=1S/C35H38N4O6/c1-35(2,3)29(20-40)38-32(41)24-13-14-26(28(18-24)34(43)45-21-22-9-6-5-7-10-22)27-15-16-30(44-4)39-31(27)33(42)37-25-12-8-11-23(17-25)19-36/h5-18,29,40H,19-21,36H2,1-4H3,(H,37,42)(H,38,41)/t29-/m1/s1. The fraction of sp³-hybridized carbons (Fsp3) is 0.257. The fourth-order valence-electron chi connectivity index (χ4n) is 4.58. The van der Waals surface area contributed by atoms with Gasteiger partial charge < -0.3 is 30.9 Å². The Labute approximate surface area is 262 Å². The lowest BCUT2D eigenvalue weighted by atomic mass is 9.87. The van der Waals surface area contributed by atoms with Crippen molar-refractivity contribution in [3.8, 4) is 17.0 Å². The molecule has 3 aromatic carbocycles. The monoisotopic (exact) mass is 610 g/mol. The first kappa shape index (κ1) is 32.8. The van der Waals surface area contributed by atoms with Crippen LogP contribution in [0, 0.1) is 5.41 Å². The Kier molecular flexibility index (Phi) is 10.7. The molecule has 4 rings (SSSR count). The molecule has 234 valence electrons. The molecule has 0 spiro atoms. The molecule has 45 heavy (non-hydrogen) atoms. The molecule has 1 aromatic heterocycles. The van der Waals surface area contributed by atoms with Crippen molar-refractivity contribution in [3.05, 3.63) is 113 Å². The first-order chi connectivity index (χ1) is 21.5. The molecule has 10 nitrogen and oxygen atoms in total. The van der Waals surface area contributed by atoms with E-state index in [1.54, 1.807) is 42.5 Å². The Hall–Kier alpha value is -5.06. The number of carbonyl (C=O) groups excluding carboxylic acids is 3. The summed E-state index contributed by atoms with van der Waals surface area (Å²) in [6.07, 6.45) is 0. The molecule has 0 aliphatic heterocycles. The van der Waals surface area contributed by atoms with Gasteiger partial charge in [0.05, 0.1) is 25.3 Å². The highest BCUT2D eigenvalue weighted by Crippen LogP contribution is 2.31. The second-order valence-electron chi connectivity index (χ2n) is 11.5. The Morgan fingerprint density at radius 1 is 0.889 bits per heavy atom. The van der Waals surface area contributed by atoms with Crippen molar-refractivity contribution in [3.63, 3.8) is 0 Å². The van der Waals surface area contributed by atoms with Crippen LogP contribution >= 0.6 is 0 Å². The van der Waals surface area contributed by atoms with Gasteiger partial charge in [0.15, 0.2) is 0 Å². The molecular formula is C35H38N4O6. The summed E-state index contributed by atoms with van der Waals surface area (Å²) in [5.41, 5.74) is 8.37. The predicted octanol–water partition coefficient (Wildman–Crippen LogP) is 4.96. The van der Waals surface area contributed by atoms with Crippen LogP contribution in [0.4, 0.5) is 5.69 Å². The smallest absolute Gasteiger partial charge is 0.339 e. The maximum absolute atomic E-state index is 13.6. The summed E-state index contributed by atoms with van der Waals surface area (Å²) in [6, 6.07) is 23.5. The van der Waals surface area contributed by atoms with E-state index in [0.29, 0.717) is 23.4 Å². The number of methoxy groups -OCH3 is 1. The highest BCUT2D eigenvalue weighted by atomic mass is 16.5. The molecule has 1 heterocycles. The first-order valence-corrected chi connectivity index (χ1v) is 14.5. The Morgan fingerprint density at radius 2 is 1.60 bits per heavy atom. The third kappa shape index (κ3) is 8.31. The van der Waals surface area contributed by atoms with Crippen LogP contribution in [0.15, 0.2) is 84.9 Å². The van der Waals surface area contributed by atoms with Crippen molar-refractivity contribution < 1.29 is 29.0 Å². The van der Waals surface area contributed by atoms with E-state index >= 15 is 0 Å². The normalized spacial score (nSPS) is 11.8. The summed E-state index contributed by atoms with van der Waals surface area (Å²) >= 11 is 0. The Morgan fingerprint density at radius 3 is 2.27 bits per heavy atom. The van der Waals surface area contributed by atoms with Crippen LogP contribution in [0.2, 0.25) is 0 Å². The number of anilines is 1. The molecule has 2 amide bonds. The van der Waals surface area contributed by atoms with Gasteiger partial charge in [-0.2, -0.15) is 0 Å². The van der Waals surface area contributed by atoms with Crippen LogP contribution in [0.25, 0.3) is 11.1 Å². The van der Waals surface area contributed by atoms with E-state index in [1.165, 1.54) is 13.2 Å². The van der Waals surface area contributed by atoms with Crippen molar-refractivity contribution in [2.24, 2.45) is 11.1 Å². The van der Waals surface area contributed by atoms with Crippen molar-refractivity contribution in [1.29, 1.82) is 0 Å². The van der Waals surface area contributed by atoms with Crippen LogP contribution in [0.3, 0.4) is 0 Å². The summed E-state index contributed by atoms with van der Waals surface area (Å²) in [4.78, 5) is 45.0. The zero-order chi connectivity index (χ0) is 32.6. The number of carbonyl (C=O) groups is 3. The third-order valence-electron chi connectivity index (χ3n) is 7.25. The molecule has 4 aromatic rings. The summed E-state index contributed by atoms with van der Waals surface area (Å²) in [7, 11) is 1.44. The Bertz CT molecular complexity index is 1670. The number of aromatic nitrogens is 1. The second-order valence-corrected chi connectivity index (χ2v) is 11.5.